The number of benzene rings is 1. The summed E-state index contributed by atoms with van der Waals surface area (Å²) in [6.07, 6.45) is 1.82. The summed E-state index contributed by atoms with van der Waals surface area (Å²) < 4.78 is 0. The fourth-order valence-corrected chi connectivity index (χ4v) is 1.83. The lowest BCUT2D eigenvalue weighted by Gasteiger charge is -2.02. The maximum atomic E-state index is 6.07. The molecule has 0 radical (unpaired) electrons. The Labute approximate surface area is 77.0 Å². The standard InChI is InChI=1S/C10H10ClN/c1-2-7-3-8-5-12-6-9(8)10(11)4-7/h2-4,12H,1,5-6H2. The molecule has 0 unspecified atom stereocenters. The molecule has 0 atom stereocenters. The molecule has 0 bridgehead atoms. The molecule has 1 aromatic carbocycles. The molecule has 0 aliphatic carbocycles. The van der Waals surface area contributed by atoms with Crippen LogP contribution in [0.4, 0.5) is 0 Å². The monoisotopic (exact) mass is 179 g/mol. The van der Waals surface area contributed by atoms with Crippen LogP contribution in [0.2, 0.25) is 5.02 Å². The van der Waals surface area contributed by atoms with Crippen molar-refractivity contribution in [3.8, 4) is 0 Å². The number of hydrogen-bond acceptors (Lipinski definition) is 1. The first-order valence-corrected chi connectivity index (χ1v) is 4.33. The van der Waals surface area contributed by atoms with Crippen molar-refractivity contribution in [2.75, 3.05) is 0 Å². The van der Waals surface area contributed by atoms with E-state index in [-0.39, 0.29) is 0 Å². The number of fused-ring (bicyclic) bond motifs is 1. The summed E-state index contributed by atoms with van der Waals surface area (Å²) >= 11 is 6.07. The smallest absolute Gasteiger partial charge is 0.0460 e. The van der Waals surface area contributed by atoms with Crippen LogP contribution in [-0.4, -0.2) is 0 Å². The highest BCUT2D eigenvalue weighted by Crippen LogP contribution is 2.26. The number of halogens is 1. The SMILES string of the molecule is C=Cc1cc(Cl)c2c(c1)CNC2. The van der Waals surface area contributed by atoms with Gasteiger partial charge in [-0.2, -0.15) is 0 Å². The van der Waals surface area contributed by atoms with Gasteiger partial charge in [0, 0.05) is 18.1 Å². The molecule has 0 aromatic heterocycles. The number of rotatable bonds is 1. The van der Waals surface area contributed by atoms with E-state index in [1.165, 1.54) is 11.1 Å². The average molecular weight is 180 g/mol. The quantitative estimate of drug-likeness (QED) is 0.699. The van der Waals surface area contributed by atoms with E-state index in [0.29, 0.717) is 0 Å². The second-order valence-corrected chi connectivity index (χ2v) is 3.36. The van der Waals surface area contributed by atoms with Crippen molar-refractivity contribution < 1.29 is 0 Å². The van der Waals surface area contributed by atoms with E-state index in [1.54, 1.807) is 0 Å². The van der Waals surface area contributed by atoms with E-state index in [2.05, 4.69) is 18.0 Å². The van der Waals surface area contributed by atoms with Gasteiger partial charge in [-0.1, -0.05) is 30.3 Å². The third-order valence-corrected chi connectivity index (χ3v) is 2.50. The van der Waals surface area contributed by atoms with Crippen molar-refractivity contribution in [3.05, 3.63) is 40.4 Å². The van der Waals surface area contributed by atoms with Crippen LogP contribution in [0, 0.1) is 0 Å². The highest BCUT2D eigenvalue weighted by atomic mass is 35.5. The van der Waals surface area contributed by atoms with Gasteiger partial charge in [-0.25, -0.2) is 0 Å². The van der Waals surface area contributed by atoms with Crippen LogP contribution >= 0.6 is 11.6 Å². The maximum Gasteiger partial charge on any atom is 0.0460 e. The normalized spacial score (nSPS) is 14.4. The van der Waals surface area contributed by atoms with Gasteiger partial charge in [0.15, 0.2) is 0 Å². The summed E-state index contributed by atoms with van der Waals surface area (Å²) in [4.78, 5) is 0. The third-order valence-electron chi connectivity index (χ3n) is 2.16. The molecule has 1 nitrogen and oxygen atoms in total. The van der Waals surface area contributed by atoms with Crippen molar-refractivity contribution in [2.24, 2.45) is 0 Å². The molecule has 0 amide bonds. The molecule has 1 N–H and O–H groups in total. The highest BCUT2D eigenvalue weighted by molar-refractivity contribution is 6.31. The minimum Gasteiger partial charge on any atom is -0.309 e. The lowest BCUT2D eigenvalue weighted by molar-refractivity contribution is 0.765. The molecule has 0 saturated carbocycles. The Morgan fingerprint density at radius 3 is 3.00 bits per heavy atom. The first-order valence-electron chi connectivity index (χ1n) is 3.95. The van der Waals surface area contributed by atoms with Crippen LogP contribution in [0.3, 0.4) is 0 Å². The van der Waals surface area contributed by atoms with Crippen molar-refractivity contribution in [2.45, 2.75) is 13.1 Å². The largest absolute Gasteiger partial charge is 0.309 e. The minimum atomic E-state index is 0.854. The Morgan fingerprint density at radius 2 is 2.25 bits per heavy atom. The van der Waals surface area contributed by atoms with Gasteiger partial charge in [0.1, 0.15) is 0 Å². The lowest BCUT2D eigenvalue weighted by Crippen LogP contribution is -2.00. The molecule has 2 heteroatoms. The van der Waals surface area contributed by atoms with Crippen molar-refractivity contribution >= 4 is 17.7 Å². The molecule has 2 rings (SSSR count). The molecule has 0 spiro atoms. The van der Waals surface area contributed by atoms with E-state index in [1.807, 2.05) is 12.1 Å². The Bertz CT molecular complexity index is 331. The molecular formula is C10H10ClN. The minimum absolute atomic E-state index is 0.854. The molecule has 62 valence electrons. The Balaban J connectivity index is 2.58. The van der Waals surface area contributed by atoms with E-state index >= 15 is 0 Å². The summed E-state index contributed by atoms with van der Waals surface area (Å²) in [6, 6.07) is 4.09. The van der Waals surface area contributed by atoms with E-state index in [9.17, 15) is 0 Å². The van der Waals surface area contributed by atoms with Gasteiger partial charge < -0.3 is 5.32 Å². The van der Waals surface area contributed by atoms with Crippen LogP contribution in [0.5, 0.6) is 0 Å². The third kappa shape index (κ3) is 1.15. The average Bonchev–Trinajstić information content (AvgIpc) is 2.52. The molecular weight excluding hydrogens is 170 g/mol. The second kappa shape index (κ2) is 2.92. The Kier molecular flexibility index (Phi) is 1.91. The van der Waals surface area contributed by atoms with Crippen LogP contribution in [-0.2, 0) is 13.1 Å². The highest BCUT2D eigenvalue weighted by Gasteiger charge is 2.13. The summed E-state index contributed by atoms with van der Waals surface area (Å²) in [6.45, 7) is 5.54. The van der Waals surface area contributed by atoms with Gasteiger partial charge in [-0.15, -0.1) is 0 Å². The summed E-state index contributed by atoms with van der Waals surface area (Å²) in [5, 5.41) is 4.12. The topological polar surface area (TPSA) is 12.0 Å². The zero-order valence-electron chi connectivity index (χ0n) is 6.73. The predicted octanol–water partition coefficient (Wildman–Crippen LogP) is 2.59. The lowest BCUT2D eigenvalue weighted by atomic mass is 10.1. The van der Waals surface area contributed by atoms with Gasteiger partial charge >= 0.3 is 0 Å². The molecule has 1 aliphatic heterocycles. The molecule has 1 aliphatic rings. The van der Waals surface area contributed by atoms with Crippen LogP contribution in [0.1, 0.15) is 16.7 Å². The van der Waals surface area contributed by atoms with Crippen molar-refractivity contribution in [1.82, 2.24) is 5.32 Å². The summed E-state index contributed by atoms with van der Waals surface area (Å²) in [5.74, 6) is 0. The van der Waals surface area contributed by atoms with Gasteiger partial charge in [0.25, 0.3) is 0 Å². The zero-order chi connectivity index (χ0) is 8.55. The van der Waals surface area contributed by atoms with Gasteiger partial charge in [0.05, 0.1) is 0 Å². The number of nitrogens with one attached hydrogen (secondary N) is 1. The summed E-state index contributed by atoms with van der Waals surface area (Å²) in [7, 11) is 0. The summed E-state index contributed by atoms with van der Waals surface area (Å²) in [5.41, 5.74) is 3.64. The fourth-order valence-electron chi connectivity index (χ4n) is 1.51. The first-order chi connectivity index (χ1) is 5.81. The molecule has 1 heterocycles. The van der Waals surface area contributed by atoms with E-state index in [0.717, 1.165) is 23.7 Å². The van der Waals surface area contributed by atoms with Crippen LogP contribution in [0.25, 0.3) is 6.08 Å². The molecule has 0 saturated heterocycles. The zero-order valence-corrected chi connectivity index (χ0v) is 7.49. The van der Waals surface area contributed by atoms with Crippen molar-refractivity contribution in [3.63, 3.8) is 0 Å². The molecule has 0 fully saturated rings. The first kappa shape index (κ1) is 7.84. The molecule has 12 heavy (non-hydrogen) atoms. The van der Waals surface area contributed by atoms with Crippen LogP contribution in [0.15, 0.2) is 18.7 Å². The Hall–Kier alpha value is -0.790. The van der Waals surface area contributed by atoms with E-state index in [4.69, 9.17) is 11.6 Å². The van der Waals surface area contributed by atoms with Crippen molar-refractivity contribution in [1.29, 1.82) is 0 Å². The second-order valence-electron chi connectivity index (χ2n) is 2.95. The van der Waals surface area contributed by atoms with Gasteiger partial charge in [-0.3, -0.25) is 0 Å². The molecule has 1 aromatic rings. The van der Waals surface area contributed by atoms with E-state index < -0.39 is 0 Å². The van der Waals surface area contributed by atoms with Crippen LogP contribution < -0.4 is 5.32 Å². The van der Waals surface area contributed by atoms with Gasteiger partial charge in [-0.05, 0) is 22.8 Å². The van der Waals surface area contributed by atoms with Gasteiger partial charge in [0.2, 0.25) is 0 Å². The Morgan fingerprint density at radius 1 is 1.42 bits per heavy atom. The number of hydrogen-bond donors (Lipinski definition) is 1. The maximum absolute atomic E-state index is 6.07. The predicted molar refractivity (Wildman–Crippen MR) is 52.1 cm³/mol. The fraction of sp³-hybridized carbons (Fsp3) is 0.200.